The van der Waals surface area contributed by atoms with Crippen LogP contribution in [-0.2, 0) is 7.05 Å². The predicted molar refractivity (Wildman–Crippen MR) is 116 cm³/mol. The van der Waals surface area contributed by atoms with Gasteiger partial charge in [0.15, 0.2) is 5.01 Å². The maximum atomic E-state index is 12.9. The van der Waals surface area contributed by atoms with Gasteiger partial charge in [0, 0.05) is 31.7 Å². The van der Waals surface area contributed by atoms with E-state index in [1.54, 1.807) is 11.6 Å². The van der Waals surface area contributed by atoms with E-state index in [1.165, 1.54) is 11.3 Å². The first-order valence-corrected chi connectivity index (χ1v) is 10.5. The standard InChI is InChI=1S/C21H27N5OS/c1-13-10-15(12-21(2,3)22-13)25(4)20-24-23-18(28-20)16-11-14-8-6-7-9-17(14)26(5)19(16)27/h6-9,11,13,15,22H,10,12H2,1-5H3. The number of pyridine rings is 1. The van der Waals surface area contributed by atoms with Crippen LogP contribution in [0.3, 0.4) is 0 Å². The molecule has 1 saturated heterocycles. The molecule has 3 heterocycles. The van der Waals surface area contributed by atoms with Gasteiger partial charge in [0.05, 0.1) is 11.1 Å². The van der Waals surface area contributed by atoms with E-state index in [2.05, 4.69) is 48.2 Å². The molecule has 2 unspecified atom stereocenters. The summed E-state index contributed by atoms with van der Waals surface area (Å²) in [5.41, 5.74) is 1.58. The van der Waals surface area contributed by atoms with Crippen molar-refractivity contribution in [1.29, 1.82) is 0 Å². The summed E-state index contributed by atoms with van der Waals surface area (Å²) < 4.78 is 1.69. The van der Waals surface area contributed by atoms with Gasteiger partial charge in [0.1, 0.15) is 0 Å². The first-order chi connectivity index (χ1) is 13.2. The highest BCUT2D eigenvalue weighted by Crippen LogP contribution is 2.33. The van der Waals surface area contributed by atoms with Crippen molar-refractivity contribution in [3.05, 3.63) is 40.7 Å². The topological polar surface area (TPSA) is 63.1 Å². The molecule has 4 rings (SSSR count). The molecule has 1 N–H and O–H groups in total. The molecule has 3 aromatic rings. The zero-order valence-electron chi connectivity index (χ0n) is 17.1. The summed E-state index contributed by atoms with van der Waals surface area (Å²) >= 11 is 1.49. The molecule has 1 aromatic carbocycles. The highest BCUT2D eigenvalue weighted by atomic mass is 32.1. The summed E-state index contributed by atoms with van der Waals surface area (Å²) in [4.78, 5) is 15.1. The first kappa shape index (κ1) is 19.1. The summed E-state index contributed by atoms with van der Waals surface area (Å²) in [6.45, 7) is 6.72. The lowest BCUT2D eigenvalue weighted by Crippen LogP contribution is -2.56. The molecule has 1 aliphatic heterocycles. The third-order valence-electron chi connectivity index (χ3n) is 5.64. The number of hydrogen-bond donors (Lipinski definition) is 1. The Morgan fingerprint density at radius 1 is 1.29 bits per heavy atom. The number of aryl methyl sites for hydroxylation is 1. The summed E-state index contributed by atoms with van der Waals surface area (Å²) in [5, 5.41) is 15.0. The number of fused-ring (bicyclic) bond motifs is 1. The van der Waals surface area contributed by atoms with Crippen molar-refractivity contribution in [2.75, 3.05) is 11.9 Å². The Kier molecular flexibility index (Phi) is 4.75. The molecular formula is C21H27N5OS. The molecule has 2 atom stereocenters. The minimum atomic E-state index is -0.0410. The summed E-state index contributed by atoms with van der Waals surface area (Å²) in [7, 11) is 3.89. The SMILES string of the molecule is CC1CC(N(C)c2nnc(-c3cc4ccccc4n(C)c3=O)s2)CC(C)(C)N1. The van der Waals surface area contributed by atoms with Crippen molar-refractivity contribution in [2.24, 2.45) is 7.05 Å². The largest absolute Gasteiger partial charge is 0.347 e. The first-order valence-electron chi connectivity index (χ1n) is 9.68. The molecule has 0 amide bonds. The van der Waals surface area contributed by atoms with E-state index < -0.39 is 0 Å². The van der Waals surface area contributed by atoms with Crippen molar-refractivity contribution in [2.45, 2.75) is 51.2 Å². The van der Waals surface area contributed by atoms with E-state index in [0.717, 1.165) is 28.9 Å². The molecule has 148 valence electrons. The van der Waals surface area contributed by atoms with Gasteiger partial charge >= 0.3 is 0 Å². The number of hydrogen-bond acceptors (Lipinski definition) is 6. The molecule has 0 radical (unpaired) electrons. The van der Waals surface area contributed by atoms with Crippen molar-refractivity contribution in [3.8, 4) is 10.6 Å². The van der Waals surface area contributed by atoms with Crippen LogP contribution in [0.5, 0.6) is 0 Å². The van der Waals surface area contributed by atoms with Gasteiger partial charge in [-0.25, -0.2) is 0 Å². The monoisotopic (exact) mass is 397 g/mol. The van der Waals surface area contributed by atoms with E-state index in [9.17, 15) is 4.79 Å². The second-order valence-corrected chi connectivity index (χ2v) is 9.46. The van der Waals surface area contributed by atoms with Gasteiger partial charge in [-0.1, -0.05) is 29.5 Å². The van der Waals surface area contributed by atoms with Crippen molar-refractivity contribution < 1.29 is 0 Å². The van der Waals surface area contributed by atoms with Gasteiger partial charge in [-0.3, -0.25) is 4.79 Å². The Morgan fingerprint density at radius 2 is 2.04 bits per heavy atom. The summed E-state index contributed by atoms with van der Waals surface area (Å²) in [5.74, 6) is 0. The third-order valence-corrected chi connectivity index (χ3v) is 6.68. The Bertz CT molecular complexity index is 1070. The van der Waals surface area contributed by atoms with Crippen LogP contribution in [0.15, 0.2) is 35.1 Å². The van der Waals surface area contributed by atoms with Gasteiger partial charge in [0.25, 0.3) is 5.56 Å². The van der Waals surface area contributed by atoms with Gasteiger partial charge in [-0.15, -0.1) is 10.2 Å². The molecule has 0 aliphatic carbocycles. The van der Waals surface area contributed by atoms with E-state index in [1.807, 2.05) is 30.3 Å². The molecule has 2 aromatic heterocycles. The summed E-state index contributed by atoms with van der Waals surface area (Å²) in [6.07, 6.45) is 2.10. The fourth-order valence-electron chi connectivity index (χ4n) is 4.36. The molecule has 28 heavy (non-hydrogen) atoms. The van der Waals surface area contributed by atoms with Crippen molar-refractivity contribution in [1.82, 2.24) is 20.1 Å². The van der Waals surface area contributed by atoms with Crippen LogP contribution in [0.1, 0.15) is 33.6 Å². The van der Waals surface area contributed by atoms with E-state index >= 15 is 0 Å². The maximum Gasteiger partial charge on any atom is 0.261 e. The highest BCUT2D eigenvalue weighted by Gasteiger charge is 2.34. The quantitative estimate of drug-likeness (QED) is 0.734. The van der Waals surface area contributed by atoms with Crippen molar-refractivity contribution in [3.63, 3.8) is 0 Å². The fourth-order valence-corrected chi connectivity index (χ4v) is 5.24. The molecule has 1 aliphatic rings. The minimum Gasteiger partial charge on any atom is -0.347 e. The average Bonchev–Trinajstić information content (AvgIpc) is 3.12. The average molecular weight is 398 g/mol. The minimum absolute atomic E-state index is 0.0410. The molecule has 0 spiro atoms. The van der Waals surface area contributed by atoms with Crippen LogP contribution in [0.2, 0.25) is 0 Å². The van der Waals surface area contributed by atoms with Crippen LogP contribution in [0.4, 0.5) is 5.13 Å². The molecular weight excluding hydrogens is 370 g/mol. The van der Waals surface area contributed by atoms with Gasteiger partial charge in [-0.2, -0.15) is 0 Å². The van der Waals surface area contributed by atoms with E-state index in [0.29, 0.717) is 22.7 Å². The molecule has 0 saturated carbocycles. The molecule has 6 nitrogen and oxygen atoms in total. The predicted octanol–water partition coefficient (Wildman–Crippen LogP) is 3.41. The highest BCUT2D eigenvalue weighted by molar-refractivity contribution is 7.18. The third kappa shape index (κ3) is 3.44. The van der Waals surface area contributed by atoms with Crippen LogP contribution in [0.25, 0.3) is 21.5 Å². The van der Waals surface area contributed by atoms with Gasteiger partial charge in [0.2, 0.25) is 5.13 Å². The van der Waals surface area contributed by atoms with Crippen LogP contribution >= 0.6 is 11.3 Å². The van der Waals surface area contributed by atoms with Gasteiger partial charge in [-0.05, 0) is 51.1 Å². The number of piperidine rings is 1. The van der Waals surface area contributed by atoms with E-state index in [-0.39, 0.29) is 11.1 Å². The second kappa shape index (κ2) is 6.97. The summed E-state index contributed by atoms with van der Waals surface area (Å²) in [6, 6.07) is 10.7. The fraction of sp³-hybridized carbons (Fsp3) is 0.476. The number of nitrogens with zero attached hydrogens (tertiary/aromatic N) is 4. The van der Waals surface area contributed by atoms with Crippen LogP contribution in [-0.4, -0.2) is 39.4 Å². The number of anilines is 1. The molecule has 7 heteroatoms. The smallest absolute Gasteiger partial charge is 0.261 e. The zero-order valence-corrected chi connectivity index (χ0v) is 17.9. The normalized spacial score (nSPS) is 21.8. The Balaban J connectivity index is 1.67. The van der Waals surface area contributed by atoms with Crippen molar-refractivity contribution >= 4 is 27.4 Å². The maximum absolute atomic E-state index is 12.9. The number of para-hydroxylation sites is 1. The lowest BCUT2D eigenvalue weighted by atomic mass is 9.85. The van der Waals surface area contributed by atoms with E-state index in [4.69, 9.17) is 0 Å². The van der Waals surface area contributed by atoms with Gasteiger partial charge < -0.3 is 14.8 Å². The van der Waals surface area contributed by atoms with Crippen LogP contribution < -0.4 is 15.8 Å². The lowest BCUT2D eigenvalue weighted by Gasteiger charge is -2.43. The molecule has 1 fully saturated rings. The number of nitrogens with one attached hydrogen (secondary N) is 1. The van der Waals surface area contributed by atoms with Crippen LogP contribution in [0, 0.1) is 0 Å². The Hall–Kier alpha value is -2.25. The second-order valence-electron chi connectivity index (χ2n) is 8.50. The molecule has 0 bridgehead atoms. The number of rotatable bonds is 3. The number of benzene rings is 1. The number of aromatic nitrogens is 3. The zero-order chi connectivity index (χ0) is 20.1. The lowest BCUT2D eigenvalue weighted by molar-refractivity contribution is 0.226. The Morgan fingerprint density at radius 3 is 2.79 bits per heavy atom. The Labute approximate surface area is 169 Å².